The van der Waals surface area contributed by atoms with E-state index in [0.29, 0.717) is 10.2 Å². The molecule has 0 spiro atoms. The number of hydrogen-bond donors (Lipinski definition) is 1. The summed E-state index contributed by atoms with van der Waals surface area (Å²) in [5.74, 6) is 1.14. The fourth-order valence-corrected chi connectivity index (χ4v) is 3.57. The number of ether oxygens (including phenoxy) is 1. The fourth-order valence-electron chi connectivity index (χ4n) is 3.21. The van der Waals surface area contributed by atoms with Crippen molar-refractivity contribution >= 4 is 15.9 Å². The van der Waals surface area contributed by atoms with Gasteiger partial charge in [-0.2, -0.15) is 0 Å². The second-order valence-corrected chi connectivity index (χ2v) is 6.76. The third-order valence-corrected chi connectivity index (χ3v) is 4.94. The molecule has 1 unspecified atom stereocenters. The van der Waals surface area contributed by atoms with Gasteiger partial charge in [0.05, 0.1) is 11.6 Å². The summed E-state index contributed by atoms with van der Waals surface area (Å²) in [7, 11) is 1.61. The van der Waals surface area contributed by atoms with Gasteiger partial charge in [-0.3, -0.25) is 0 Å². The van der Waals surface area contributed by atoms with Crippen LogP contribution in [0.3, 0.4) is 0 Å². The lowest BCUT2D eigenvalue weighted by atomic mass is 9.93. The summed E-state index contributed by atoms with van der Waals surface area (Å²) in [5.41, 5.74) is 1.06. The Hall–Kier alpha value is -0.610. The molecule has 1 aliphatic carbocycles. The van der Waals surface area contributed by atoms with Gasteiger partial charge in [-0.15, -0.1) is 0 Å². The van der Waals surface area contributed by atoms with E-state index in [2.05, 4.69) is 28.2 Å². The molecule has 1 aromatic rings. The van der Waals surface area contributed by atoms with Crippen LogP contribution in [0.5, 0.6) is 5.75 Å². The average molecular weight is 358 g/mol. The van der Waals surface area contributed by atoms with Crippen LogP contribution in [0.4, 0.5) is 4.39 Å². The Labute approximate surface area is 135 Å². The van der Waals surface area contributed by atoms with Crippen molar-refractivity contribution in [1.29, 1.82) is 0 Å². The zero-order chi connectivity index (χ0) is 15.2. The van der Waals surface area contributed by atoms with Crippen LogP contribution in [-0.4, -0.2) is 13.7 Å². The van der Waals surface area contributed by atoms with Gasteiger partial charge in [0.25, 0.3) is 0 Å². The SMILES string of the molecule is CCCNC(CC1CCCC1)c1cc(Br)c(F)cc1OC. The Morgan fingerprint density at radius 2 is 2.10 bits per heavy atom. The highest BCUT2D eigenvalue weighted by atomic mass is 79.9. The molecule has 2 nitrogen and oxygen atoms in total. The van der Waals surface area contributed by atoms with Crippen LogP contribution in [0.2, 0.25) is 0 Å². The molecule has 0 bridgehead atoms. The predicted molar refractivity (Wildman–Crippen MR) is 88.3 cm³/mol. The summed E-state index contributed by atoms with van der Waals surface area (Å²) in [4.78, 5) is 0. The van der Waals surface area contributed by atoms with Gasteiger partial charge in [0.15, 0.2) is 0 Å². The molecule has 0 radical (unpaired) electrons. The minimum atomic E-state index is -0.272. The summed E-state index contributed by atoms with van der Waals surface area (Å²) in [5, 5.41) is 3.61. The van der Waals surface area contributed by atoms with Crippen LogP contribution in [0.15, 0.2) is 16.6 Å². The highest BCUT2D eigenvalue weighted by Gasteiger charge is 2.24. The van der Waals surface area contributed by atoms with Gasteiger partial charge in [0.2, 0.25) is 0 Å². The smallest absolute Gasteiger partial charge is 0.141 e. The third kappa shape index (κ3) is 4.43. The Balaban J connectivity index is 2.23. The topological polar surface area (TPSA) is 21.3 Å². The van der Waals surface area contributed by atoms with Crippen LogP contribution in [0.1, 0.15) is 57.1 Å². The molecular weight excluding hydrogens is 333 g/mol. The number of methoxy groups -OCH3 is 1. The number of rotatable bonds is 7. The minimum absolute atomic E-state index is 0.236. The van der Waals surface area contributed by atoms with Crippen LogP contribution >= 0.6 is 15.9 Å². The predicted octanol–water partition coefficient (Wildman–Crippen LogP) is 5.22. The van der Waals surface area contributed by atoms with Crippen LogP contribution in [0, 0.1) is 11.7 Å². The van der Waals surface area contributed by atoms with Crippen LogP contribution in [-0.2, 0) is 0 Å². The van der Waals surface area contributed by atoms with Crippen molar-refractivity contribution in [2.45, 2.75) is 51.5 Å². The van der Waals surface area contributed by atoms with Crippen LogP contribution < -0.4 is 10.1 Å². The van der Waals surface area contributed by atoms with Gasteiger partial charge in [0, 0.05) is 17.7 Å². The first kappa shape index (κ1) is 16.8. The number of hydrogen-bond acceptors (Lipinski definition) is 2. The zero-order valence-electron chi connectivity index (χ0n) is 12.9. The lowest BCUT2D eigenvalue weighted by Gasteiger charge is -2.24. The maximum atomic E-state index is 13.7. The molecule has 4 heteroatoms. The third-order valence-electron chi connectivity index (χ3n) is 4.33. The largest absolute Gasteiger partial charge is 0.496 e. The molecule has 0 saturated heterocycles. The van der Waals surface area contributed by atoms with Crippen molar-refractivity contribution in [3.63, 3.8) is 0 Å². The number of halogens is 2. The van der Waals surface area contributed by atoms with E-state index in [4.69, 9.17) is 4.74 Å². The molecule has 0 aliphatic heterocycles. The Morgan fingerprint density at radius 1 is 1.38 bits per heavy atom. The lowest BCUT2D eigenvalue weighted by Crippen LogP contribution is -2.24. The molecule has 2 rings (SSSR count). The second-order valence-electron chi connectivity index (χ2n) is 5.90. The van der Waals surface area contributed by atoms with Crippen molar-refractivity contribution < 1.29 is 9.13 Å². The summed E-state index contributed by atoms with van der Waals surface area (Å²) in [6.07, 6.45) is 7.51. The average Bonchev–Trinajstić information content (AvgIpc) is 2.99. The van der Waals surface area contributed by atoms with E-state index in [9.17, 15) is 4.39 Å². The van der Waals surface area contributed by atoms with Gasteiger partial charge >= 0.3 is 0 Å². The van der Waals surface area contributed by atoms with E-state index in [-0.39, 0.29) is 11.9 Å². The molecule has 1 N–H and O–H groups in total. The van der Waals surface area contributed by atoms with Crippen molar-refractivity contribution in [2.75, 3.05) is 13.7 Å². The van der Waals surface area contributed by atoms with Crippen molar-refractivity contribution in [3.8, 4) is 5.75 Å². The molecule has 0 aromatic heterocycles. The summed E-state index contributed by atoms with van der Waals surface area (Å²) >= 11 is 3.30. The first-order valence-corrected chi connectivity index (χ1v) is 8.71. The summed E-state index contributed by atoms with van der Waals surface area (Å²) in [6, 6.07) is 3.59. The van der Waals surface area contributed by atoms with E-state index in [1.807, 2.05) is 6.07 Å². The molecule has 1 aromatic carbocycles. The number of nitrogens with one attached hydrogen (secondary N) is 1. The standard InChI is InChI=1S/C17H25BrFNO/c1-3-8-20-16(9-12-6-4-5-7-12)13-10-14(18)15(19)11-17(13)21-2/h10-12,16,20H,3-9H2,1-2H3. The lowest BCUT2D eigenvalue weighted by molar-refractivity contribution is 0.365. The molecule has 0 heterocycles. The van der Waals surface area contributed by atoms with E-state index in [0.717, 1.165) is 30.9 Å². The van der Waals surface area contributed by atoms with E-state index in [1.54, 1.807) is 7.11 Å². The highest BCUT2D eigenvalue weighted by molar-refractivity contribution is 9.10. The van der Waals surface area contributed by atoms with Crippen molar-refractivity contribution in [1.82, 2.24) is 5.32 Å². The maximum Gasteiger partial charge on any atom is 0.141 e. The Kier molecular flexibility index (Phi) is 6.49. The first-order chi connectivity index (χ1) is 10.2. The molecule has 21 heavy (non-hydrogen) atoms. The second kappa shape index (κ2) is 8.14. The van der Waals surface area contributed by atoms with E-state index in [1.165, 1.54) is 31.7 Å². The molecule has 1 aliphatic rings. The monoisotopic (exact) mass is 357 g/mol. The van der Waals surface area contributed by atoms with Crippen LogP contribution in [0.25, 0.3) is 0 Å². The van der Waals surface area contributed by atoms with Crippen molar-refractivity contribution in [3.05, 3.63) is 28.0 Å². The Bertz CT molecular complexity index is 460. The maximum absolute atomic E-state index is 13.7. The molecular formula is C17H25BrFNO. The van der Waals surface area contributed by atoms with Gasteiger partial charge in [-0.1, -0.05) is 32.6 Å². The minimum Gasteiger partial charge on any atom is -0.496 e. The Morgan fingerprint density at radius 3 is 2.71 bits per heavy atom. The fraction of sp³-hybridized carbons (Fsp3) is 0.647. The van der Waals surface area contributed by atoms with Gasteiger partial charge in [-0.05, 0) is 47.3 Å². The molecule has 1 atom stereocenters. The quantitative estimate of drug-likeness (QED) is 0.722. The molecule has 1 saturated carbocycles. The van der Waals surface area contributed by atoms with Crippen molar-refractivity contribution in [2.24, 2.45) is 5.92 Å². The van der Waals surface area contributed by atoms with Gasteiger partial charge in [0.1, 0.15) is 11.6 Å². The normalized spacial score (nSPS) is 17.1. The highest BCUT2D eigenvalue weighted by Crippen LogP contribution is 2.37. The van der Waals surface area contributed by atoms with E-state index >= 15 is 0 Å². The van der Waals surface area contributed by atoms with E-state index < -0.39 is 0 Å². The molecule has 1 fully saturated rings. The van der Waals surface area contributed by atoms with Gasteiger partial charge in [-0.25, -0.2) is 4.39 Å². The summed E-state index contributed by atoms with van der Waals surface area (Å²) < 4.78 is 19.6. The van der Waals surface area contributed by atoms with Gasteiger partial charge < -0.3 is 10.1 Å². The molecule has 0 amide bonds. The molecule has 118 valence electrons. The number of benzene rings is 1. The summed E-state index contributed by atoms with van der Waals surface area (Å²) in [6.45, 7) is 3.13. The first-order valence-electron chi connectivity index (χ1n) is 7.92. The zero-order valence-corrected chi connectivity index (χ0v) is 14.5.